The van der Waals surface area contributed by atoms with Crippen molar-refractivity contribution in [2.24, 2.45) is 0 Å². The number of sulfonamides is 1. The quantitative estimate of drug-likeness (QED) is 0.338. The Morgan fingerprint density at radius 1 is 1.00 bits per heavy atom. The van der Waals surface area contributed by atoms with E-state index >= 15 is 0 Å². The number of nitrogens with one attached hydrogen (secondary N) is 1. The molecule has 1 aliphatic rings. The van der Waals surface area contributed by atoms with Gasteiger partial charge in [-0.1, -0.05) is 67.9 Å². The molecule has 0 aliphatic carbocycles. The number of rotatable bonds is 11. The van der Waals surface area contributed by atoms with Crippen LogP contribution in [0.4, 0.5) is 5.69 Å². The lowest BCUT2D eigenvalue weighted by Gasteiger charge is -2.32. The van der Waals surface area contributed by atoms with Gasteiger partial charge < -0.3 is 10.2 Å². The fourth-order valence-corrected chi connectivity index (χ4v) is 6.83. The van der Waals surface area contributed by atoms with Gasteiger partial charge in [-0.15, -0.1) is 0 Å². The third-order valence-electron chi connectivity index (χ3n) is 7.12. The molecule has 2 amide bonds. The maximum absolute atomic E-state index is 13.6. The van der Waals surface area contributed by atoms with Crippen molar-refractivity contribution in [2.75, 3.05) is 10.8 Å². The Kier molecular flexibility index (Phi) is 8.63. The van der Waals surface area contributed by atoms with Gasteiger partial charge in [-0.05, 0) is 55.3 Å². The Labute approximate surface area is 229 Å². The van der Waals surface area contributed by atoms with E-state index < -0.39 is 16.1 Å². The highest BCUT2D eigenvalue weighted by Gasteiger charge is 2.35. The fraction of sp³-hybridized carbons (Fsp3) is 0.379. The van der Waals surface area contributed by atoms with Crippen LogP contribution >= 0.6 is 11.6 Å². The molecule has 0 fully saturated rings. The molecule has 0 unspecified atom stereocenters. The van der Waals surface area contributed by atoms with Crippen molar-refractivity contribution in [2.45, 2.75) is 70.0 Å². The normalized spacial score (nSPS) is 15.3. The largest absolute Gasteiger partial charge is 0.352 e. The molecule has 0 spiro atoms. The van der Waals surface area contributed by atoms with Gasteiger partial charge in [-0.3, -0.25) is 13.9 Å². The summed E-state index contributed by atoms with van der Waals surface area (Å²) in [6, 6.07) is 17.4. The summed E-state index contributed by atoms with van der Waals surface area (Å²) in [5, 5.41) is 5.10. The molecule has 38 heavy (non-hydrogen) atoms. The summed E-state index contributed by atoms with van der Waals surface area (Å²) in [7, 11) is -3.69. The maximum Gasteiger partial charge on any atom is 0.265 e. The molecule has 3 aromatic rings. The Balaban J connectivity index is 1.53. The number of carbonyl (C=O) groups excluding carboxylic acids is 2. The van der Waals surface area contributed by atoms with E-state index in [-0.39, 0.29) is 37.4 Å². The van der Waals surface area contributed by atoms with Crippen molar-refractivity contribution in [3.8, 4) is 0 Å². The zero-order chi connectivity index (χ0) is 27.4. The van der Waals surface area contributed by atoms with Crippen LogP contribution in [0.3, 0.4) is 0 Å². The fourth-order valence-electron chi connectivity index (χ4n) is 4.89. The summed E-state index contributed by atoms with van der Waals surface area (Å²) in [6.45, 7) is 6.15. The summed E-state index contributed by atoms with van der Waals surface area (Å²) >= 11 is 6.40. The van der Waals surface area contributed by atoms with Crippen LogP contribution in [0.1, 0.15) is 52.0 Å². The van der Waals surface area contributed by atoms with E-state index in [2.05, 4.69) is 5.32 Å². The summed E-state index contributed by atoms with van der Waals surface area (Å²) in [5.41, 5.74) is 1.39. The molecule has 9 heteroatoms. The third kappa shape index (κ3) is 5.52. The molecule has 1 N–H and O–H groups in total. The van der Waals surface area contributed by atoms with Crippen molar-refractivity contribution in [3.05, 3.63) is 71.2 Å². The third-order valence-corrected chi connectivity index (χ3v) is 9.34. The minimum absolute atomic E-state index is 0.0153. The highest BCUT2D eigenvalue weighted by molar-refractivity contribution is 7.93. The van der Waals surface area contributed by atoms with Gasteiger partial charge in [-0.25, -0.2) is 8.42 Å². The van der Waals surface area contributed by atoms with Crippen molar-refractivity contribution in [3.63, 3.8) is 0 Å². The summed E-state index contributed by atoms with van der Waals surface area (Å²) in [6.07, 6.45) is 1.62. The number of nitrogens with zero attached hydrogens (tertiary/aromatic N) is 2. The number of anilines is 1. The lowest BCUT2D eigenvalue weighted by Crippen LogP contribution is -2.50. The van der Waals surface area contributed by atoms with Crippen molar-refractivity contribution in [1.82, 2.24) is 10.2 Å². The molecule has 7 nitrogen and oxygen atoms in total. The molecule has 3 aromatic carbocycles. The lowest BCUT2D eigenvalue weighted by molar-refractivity contribution is -0.141. The van der Waals surface area contributed by atoms with Crippen molar-refractivity contribution >= 4 is 49.9 Å². The molecule has 2 atom stereocenters. The number of halogens is 1. The molecule has 1 aliphatic heterocycles. The Bertz CT molecular complexity index is 1440. The van der Waals surface area contributed by atoms with E-state index in [0.717, 1.165) is 22.8 Å². The molecular weight excluding hydrogens is 522 g/mol. The standard InChI is InChI=1S/C29H34ClN3O4S/c1-4-20(3)31-29(35)24(5-2)32(19-22-11-6-7-14-23(22)30)27(34)17-10-18-33-25-15-8-12-21-13-9-16-26(28(21)25)38(33,36)37/h6-9,11-16,20,24H,4-5,10,17-19H2,1-3H3,(H,31,35)/t20-,24+/m0/s1. The second-order valence-corrected chi connectivity index (χ2v) is 11.9. The second-order valence-electron chi connectivity index (χ2n) is 9.67. The predicted molar refractivity (Wildman–Crippen MR) is 152 cm³/mol. The molecule has 0 bridgehead atoms. The molecule has 0 saturated carbocycles. The summed E-state index contributed by atoms with van der Waals surface area (Å²) in [4.78, 5) is 28.6. The van der Waals surface area contributed by atoms with Crippen LogP contribution in [0, 0.1) is 0 Å². The van der Waals surface area contributed by atoms with Crippen LogP contribution in [0.5, 0.6) is 0 Å². The first-order valence-corrected chi connectivity index (χ1v) is 14.9. The molecule has 0 saturated heterocycles. The van der Waals surface area contributed by atoms with Crippen LogP contribution in [-0.4, -0.2) is 43.8 Å². The second kappa shape index (κ2) is 11.7. The minimum Gasteiger partial charge on any atom is -0.352 e. The Morgan fingerprint density at radius 2 is 1.71 bits per heavy atom. The zero-order valence-corrected chi connectivity index (χ0v) is 23.6. The number of amides is 2. The predicted octanol–water partition coefficient (Wildman–Crippen LogP) is 5.50. The zero-order valence-electron chi connectivity index (χ0n) is 22.0. The van der Waals surface area contributed by atoms with Gasteiger partial charge in [0.2, 0.25) is 11.8 Å². The Morgan fingerprint density at radius 3 is 2.39 bits per heavy atom. The van der Waals surface area contributed by atoms with Crippen LogP contribution < -0.4 is 9.62 Å². The van der Waals surface area contributed by atoms with Crippen molar-refractivity contribution < 1.29 is 18.0 Å². The van der Waals surface area contributed by atoms with Gasteiger partial charge in [0, 0.05) is 36.0 Å². The van der Waals surface area contributed by atoms with Gasteiger partial charge in [-0.2, -0.15) is 0 Å². The lowest BCUT2D eigenvalue weighted by atomic mass is 10.1. The number of hydrogen-bond acceptors (Lipinski definition) is 4. The van der Waals surface area contributed by atoms with Crippen LogP contribution in [-0.2, 0) is 26.2 Å². The first-order valence-electron chi connectivity index (χ1n) is 13.1. The van der Waals surface area contributed by atoms with E-state index in [1.54, 1.807) is 29.2 Å². The molecule has 0 radical (unpaired) electrons. The SMILES string of the molecule is CC[C@H](C(=O)N[C@@H](C)CC)N(Cc1ccccc1Cl)C(=O)CCCN1c2cccc3cccc(c23)S1(=O)=O. The van der Waals surface area contributed by atoms with E-state index in [1.807, 2.05) is 57.2 Å². The van der Waals surface area contributed by atoms with Crippen LogP contribution in [0.15, 0.2) is 65.6 Å². The van der Waals surface area contributed by atoms with Gasteiger partial charge >= 0.3 is 0 Å². The van der Waals surface area contributed by atoms with Gasteiger partial charge in [0.1, 0.15) is 6.04 Å². The average Bonchev–Trinajstić information content (AvgIpc) is 3.12. The smallest absolute Gasteiger partial charge is 0.265 e. The minimum atomic E-state index is -3.69. The van der Waals surface area contributed by atoms with E-state index in [1.165, 1.54) is 4.31 Å². The maximum atomic E-state index is 13.6. The molecule has 202 valence electrons. The topological polar surface area (TPSA) is 86.8 Å². The average molecular weight is 556 g/mol. The van der Waals surface area contributed by atoms with Crippen molar-refractivity contribution in [1.29, 1.82) is 0 Å². The number of hydrogen-bond donors (Lipinski definition) is 1. The van der Waals surface area contributed by atoms with Gasteiger partial charge in [0.25, 0.3) is 10.0 Å². The summed E-state index contributed by atoms with van der Waals surface area (Å²) in [5.74, 6) is -0.421. The highest BCUT2D eigenvalue weighted by atomic mass is 35.5. The molecule has 1 heterocycles. The van der Waals surface area contributed by atoms with Gasteiger partial charge in [0.05, 0.1) is 10.6 Å². The molecular formula is C29H34ClN3O4S. The summed E-state index contributed by atoms with van der Waals surface area (Å²) < 4.78 is 28.0. The van der Waals surface area contributed by atoms with Crippen LogP contribution in [0.25, 0.3) is 10.8 Å². The van der Waals surface area contributed by atoms with Crippen LogP contribution in [0.2, 0.25) is 5.02 Å². The molecule has 4 rings (SSSR count). The monoisotopic (exact) mass is 555 g/mol. The van der Waals surface area contributed by atoms with E-state index in [0.29, 0.717) is 28.4 Å². The highest BCUT2D eigenvalue weighted by Crippen LogP contribution is 2.42. The number of benzene rings is 3. The Hall–Kier alpha value is -3.10. The molecule has 0 aromatic heterocycles. The first kappa shape index (κ1) is 27.9. The number of carbonyl (C=O) groups is 2. The van der Waals surface area contributed by atoms with E-state index in [4.69, 9.17) is 11.6 Å². The van der Waals surface area contributed by atoms with Gasteiger partial charge in [0.15, 0.2) is 0 Å². The van der Waals surface area contributed by atoms with E-state index in [9.17, 15) is 18.0 Å². The first-order chi connectivity index (χ1) is 18.2.